The minimum Gasteiger partial charge on any atom is -0.624 e. The summed E-state index contributed by atoms with van der Waals surface area (Å²) in [7, 11) is 0. The summed E-state index contributed by atoms with van der Waals surface area (Å²) in [6, 6.07) is 3.70. The predicted octanol–water partition coefficient (Wildman–Crippen LogP) is 2.90. The van der Waals surface area contributed by atoms with Gasteiger partial charge in [0.1, 0.15) is 12.1 Å². The normalized spacial score (nSPS) is 22.5. The van der Waals surface area contributed by atoms with Crippen LogP contribution in [-0.2, 0) is 6.54 Å². The molecule has 0 fully saturated rings. The van der Waals surface area contributed by atoms with Gasteiger partial charge in [-0.1, -0.05) is 0 Å². The fraction of sp³-hybridized carbons (Fsp3) is 0.353. The van der Waals surface area contributed by atoms with E-state index in [1.807, 2.05) is 32.9 Å². The number of nitrogens with zero attached hydrogens (tertiary/aromatic N) is 2. The second-order valence-electron chi connectivity index (χ2n) is 6.14. The van der Waals surface area contributed by atoms with E-state index in [2.05, 4.69) is 0 Å². The van der Waals surface area contributed by atoms with Gasteiger partial charge in [-0.15, -0.1) is 0 Å². The smallest absolute Gasteiger partial charge is 0.251 e. The maximum atomic E-state index is 13.0. The molecule has 1 aromatic heterocycles. The Labute approximate surface area is 128 Å². The molecule has 0 radical (unpaired) electrons. The third-order valence-electron chi connectivity index (χ3n) is 4.79. The molecule has 114 valence electrons. The molecule has 5 heteroatoms. The molecule has 1 atom stereocenters. The van der Waals surface area contributed by atoms with Crippen LogP contribution in [0.4, 0.5) is 5.69 Å². The monoisotopic (exact) mass is 298 g/mol. The summed E-state index contributed by atoms with van der Waals surface area (Å²) in [5.74, 6) is 0.595. The lowest BCUT2D eigenvalue weighted by Crippen LogP contribution is -2.44. The molecular formula is C17H18N2O3. The molecule has 0 bridgehead atoms. The molecule has 5 nitrogen and oxygen atoms in total. The highest BCUT2D eigenvalue weighted by Crippen LogP contribution is 2.50. The van der Waals surface area contributed by atoms with Gasteiger partial charge >= 0.3 is 0 Å². The molecule has 0 saturated heterocycles. The van der Waals surface area contributed by atoms with Crippen LogP contribution in [0, 0.1) is 12.1 Å². The zero-order valence-corrected chi connectivity index (χ0v) is 13.0. The summed E-state index contributed by atoms with van der Waals surface area (Å²) in [4.78, 5) is 12.3. The second kappa shape index (κ2) is 4.21. The number of benzene rings is 1. The van der Waals surface area contributed by atoms with E-state index in [1.165, 1.54) is 0 Å². The van der Waals surface area contributed by atoms with Gasteiger partial charge in [-0.3, -0.25) is 9.44 Å². The fourth-order valence-electron chi connectivity index (χ4n) is 3.59. The molecule has 0 saturated carbocycles. The number of allylic oxidation sites excluding steroid dienone is 1. The van der Waals surface area contributed by atoms with Crippen LogP contribution in [0.1, 0.15) is 25.0 Å². The largest absolute Gasteiger partial charge is 0.624 e. The van der Waals surface area contributed by atoms with Gasteiger partial charge in [0.15, 0.2) is 5.69 Å². The first-order chi connectivity index (χ1) is 10.5. The van der Waals surface area contributed by atoms with Gasteiger partial charge in [-0.2, -0.15) is 0 Å². The highest BCUT2D eigenvalue weighted by atomic mass is 16.6. The predicted molar refractivity (Wildman–Crippen MR) is 87.8 cm³/mol. The fourth-order valence-corrected chi connectivity index (χ4v) is 3.59. The topological polar surface area (TPSA) is 54.3 Å². The van der Waals surface area contributed by atoms with Crippen molar-refractivity contribution >= 4 is 22.2 Å². The first-order valence-electron chi connectivity index (χ1n) is 7.56. The van der Waals surface area contributed by atoms with Crippen molar-refractivity contribution in [3.63, 3.8) is 0 Å². The molecule has 1 aromatic carbocycles. The Morgan fingerprint density at radius 3 is 2.86 bits per heavy atom. The van der Waals surface area contributed by atoms with Crippen LogP contribution in [0.3, 0.4) is 0 Å². The Bertz CT molecular complexity index is 910. The zero-order valence-electron chi connectivity index (χ0n) is 13.0. The number of hydrogen-bond donors (Lipinski definition) is 0. The van der Waals surface area contributed by atoms with Gasteiger partial charge in [0, 0.05) is 23.6 Å². The maximum Gasteiger partial charge on any atom is 0.251 e. The standard InChI is InChI=1S/C17H18N2O3/c1-4-18-14(20)7-11(3)12-8-13-10(2)5-6-19(21)9-22-17(15(12)18)16(13)19/h5,7-8H,4,6,9H2,1-3H3. The lowest BCUT2D eigenvalue weighted by molar-refractivity contribution is 0.233. The molecule has 2 aliphatic heterocycles. The zero-order chi connectivity index (χ0) is 15.6. The summed E-state index contributed by atoms with van der Waals surface area (Å²) >= 11 is 0. The summed E-state index contributed by atoms with van der Waals surface area (Å²) in [6.07, 6.45) is 1.98. The highest BCUT2D eigenvalue weighted by molar-refractivity contribution is 5.99. The van der Waals surface area contributed by atoms with E-state index in [9.17, 15) is 10.0 Å². The number of hydroxylamine groups is 2. The number of aromatic nitrogens is 1. The van der Waals surface area contributed by atoms with Crippen molar-refractivity contribution in [3.05, 3.63) is 44.9 Å². The number of aryl methyl sites for hydroxylation is 2. The third-order valence-corrected chi connectivity index (χ3v) is 4.79. The average molecular weight is 298 g/mol. The van der Waals surface area contributed by atoms with Gasteiger partial charge in [0.2, 0.25) is 12.5 Å². The Kier molecular flexibility index (Phi) is 2.59. The van der Waals surface area contributed by atoms with E-state index in [1.54, 1.807) is 10.6 Å². The van der Waals surface area contributed by atoms with Crippen LogP contribution in [0.15, 0.2) is 23.0 Å². The van der Waals surface area contributed by atoms with Crippen LogP contribution in [0.2, 0.25) is 0 Å². The molecule has 3 heterocycles. The number of quaternary nitrogens is 1. The molecular weight excluding hydrogens is 280 g/mol. The summed E-state index contributed by atoms with van der Waals surface area (Å²) in [5, 5.41) is 14.0. The molecule has 0 spiro atoms. The molecule has 0 N–H and O–H groups in total. The van der Waals surface area contributed by atoms with Crippen molar-refractivity contribution in [2.45, 2.75) is 27.3 Å². The minimum absolute atomic E-state index is 0.0497. The number of fused-ring (bicyclic) bond motifs is 2. The van der Waals surface area contributed by atoms with Crippen molar-refractivity contribution in [3.8, 4) is 5.75 Å². The van der Waals surface area contributed by atoms with Crippen LogP contribution < -0.4 is 14.9 Å². The van der Waals surface area contributed by atoms with Gasteiger partial charge in [-0.25, -0.2) is 0 Å². The van der Waals surface area contributed by atoms with E-state index in [0.29, 0.717) is 24.5 Å². The molecule has 2 aliphatic rings. The van der Waals surface area contributed by atoms with Gasteiger partial charge in [0.05, 0.1) is 0 Å². The van der Waals surface area contributed by atoms with Gasteiger partial charge in [0.25, 0.3) is 5.56 Å². The number of rotatable bonds is 1. The Morgan fingerprint density at radius 1 is 1.36 bits per heavy atom. The minimum atomic E-state index is -0.482. The van der Waals surface area contributed by atoms with Crippen molar-refractivity contribution in [2.24, 2.45) is 0 Å². The lowest BCUT2D eigenvalue weighted by Gasteiger charge is -2.38. The van der Waals surface area contributed by atoms with E-state index >= 15 is 0 Å². The van der Waals surface area contributed by atoms with Crippen LogP contribution in [0.5, 0.6) is 5.75 Å². The van der Waals surface area contributed by atoms with E-state index in [0.717, 1.165) is 27.6 Å². The maximum absolute atomic E-state index is 13.0. The number of pyridine rings is 1. The highest BCUT2D eigenvalue weighted by Gasteiger charge is 2.40. The van der Waals surface area contributed by atoms with E-state index < -0.39 is 4.65 Å². The van der Waals surface area contributed by atoms with Crippen LogP contribution in [-0.4, -0.2) is 17.8 Å². The molecule has 2 aromatic rings. The number of ether oxygens (including phenoxy) is 1. The summed E-state index contributed by atoms with van der Waals surface area (Å²) in [6.45, 7) is 6.91. The van der Waals surface area contributed by atoms with Crippen molar-refractivity contribution in [2.75, 3.05) is 13.3 Å². The SMILES string of the molecule is CCn1c(=O)cc(C)c2cc3c4c(c21)OC[N+]4([O-])CC=C3C. The van der Waals surface area contributed by atoms with Crippen molar-refractivity contribution in [1.29, 1.82) is 0 Å². The summed E-state index contributed by atoms with van der Waals surface area (Å²) in [5.41, 5.74) is 4.36. The Morgan fingerprint density at radius 2 is 2.14 bits per heavy atom. The van der Waals surface area contributed by atoms with E-state index in [4.69, 9.17) is 4.74 Å². The molecule has 0 aliphatic carbocycles. The first kappa shape index (κ1) is 13.5. The van der Waals surface area contributed by atoms with Crippen molar-refractivity contribution < 1.29 is 4.74 Å². The Hall–Kier alpha value is -2.11. The first-order valence-corrected chi connectivity index (χ1v) is 7.56. The van der Waals surface area contributed by atoms with Crippen LogP contribution >= 0.6 is 0 Å². The van der Waals surface area contributed by atoms with Crippen molar-refractivity contribution in [1.82, 2.24) is 9.21 Å². The summed E-state index contributed by atoms with van der Waals surface area (Å²) < 4.78 is 7.02. The van der Waals surface area contributed by atoms with Gasteiger partial charge in [-0.05, 0) is 44.1 Å². The average Bonchev–Trinajstić information content (AvgIpc) is 2.83. The molecule has 1 unspecified atom stereocenters. The molecule has 0 amide bonds. The molecule has 4 rings (SSSR count). The Balaban J connectivity index is 2.25. The quantitative estimate of drug-likeness (QED) is 0.601. The lowest BCUT2D eigenvalue weighted by atomic mass is 9.95. The van der Waals surface area contributed by atoms with Crippen LogP contribution in [0.25, 0.3) is 16.5 Å². The third kappa shape index (κ3) is 1.52. The van der Waals surface area contributed by atoms with E-state index in [-0.39, 0.29) is 12.3 Å². The molecule has 22 heavy (non-hydrogen) atoms. The van der Waals surface area contributed by atoms with Gasteiger partial charge < -0.3 is 14.5 Å². The number of hydrogen-bond acceptors (Lipinski definition) is 3. The second-order valence-corrected chi connectivity index (χ2v) is 6.14.